The van der Waals surface area contributed by atoms with Gasteiger partial charge in [-0.3, -0.25) is 10.1 Å². The number of anilines is 3. The van der Waals surface area contributed by atoms with Crippen LogP contribution in [-0.4, -0.2) is 29.3 Å². The van der Waals surface area contributed by atoms with Gasteiger partial charge < -0.3 is 10.2 Å². The molecule has 3 rings (SSSR count). The summed E-state index contributed by atoms with van der Waals surface area (Å²) in [6.45, 7) is 1.88. The third-order valence-electron chi connectivity index (χ3n) is 3.61. The molecule has 0 aliphatic carbocycles. The van der Waals surface area contributed by atoms with E-state index in [1.165, 1.54) is 0 Å². The van der Waals surface area contributed by atoms with Crippen LogP contribution in [0.15, 0.2) is 28.9 Å². The van der Waals surface area contributed by atoms with Crippen LogP contribution in [0.25, 0.3) is 11.0 Å². The quantitative estimate of drug-likeness (QED) is 0.564. The first-order chi connectivity index (χ1) is 11.4. The van der Waals surface area contributed by atoms with E-state index < -0.39 is 4.92 Å². The molecule has 9 heteroatoms. The molecule has 1 heterocycles. The van der Waals surface area contributed by atoms with Crippen molar-refractivity contribution in [3.63, 3.8) is 0 Å². The summed E-state index contributed by atoms with van der Waals surface area (Å²) < 4.78 is 4.71. The summed E-state index contributed by atoms with van der Waals surface area (Å²) in [4.78, 5) is 12.8. The van der Waals surface area contributed by atoms with Crippen LogP contribution in [-0.2, 0) is 0 Å². The topological polar surface area (TPSA) is 97.3 Å². The molecule has 0 aliphatic rings. The SMILES string of the molecule is Cc1ccc(Nc2cc(N(C)C)c3nonc3c2[N+](=O)[O-])cc1Cl. The van der Waals surface area contributed by atoms with Crippen LogP contribution in [0.2, 0.25) is 5.02 Å². The van der Waals surface area contributed by atoms with Crippen molar-refractivity contribution in [1.29, 1.82) is 0 Å². The summed E-state index contributed by atoms with van der Waals surface area (Å²) in [5.41, 5.74) is 2.71. The van der Waals surface area contributed by atoms with Crippen LogP contribution in [0, 0.1) is 17.0 Å². The summed E-state index contributed by atoms with van der Waals surface area (Å²) in [6, 6.07) is 6.98. The number of rotatable bonds is 4. The van der Waals surface area contributed by atoms with Gasteiger partial charge in [0.25, 0.3) is 0 Å². The first kappa shape index (κ1) is 16.0. The molecule has 0 radical (unpaired) electrons. The summed E-state index contributed by atoms with van der Waals surface area (Å²) in [5.74, 6) is 0. The molecule has 0 saturated heterocycles. The number of hydrogen-bond acceptors (Lipinski definition) is 7. The Labute approximate surface area is 142 Å². The highest BCUT2D eigenvalue weighted by atomic mass is 35.5. The maximum atomic E-state index is 11.5. The second-order valence-corrected chi connectivity index (χ2v) is 5.90. The molecule has 0 fully saturated rings. The molecule has 8 nitrogen and oxygen atoms in total. The molecular formula is C15H14ClN5O3. The minimum atomic E-state index is -0.510. The molecule has 2 aromatic carbocycles. The van der Waals surface area contributed by atoms with E-state index in [-0.39, 0.29) is 16.9 Å². The highest BCUT2D eigenvalue weighted by Gasteiger charge is 2.26. The lowest BCUT2D eigenvalue weighted by atomic mass is 10.1. The Balaban J connectivity index is 2.19. The van der Waals surface area contributed by atoms with Gasteiger partial charge in [0.15, 0.2) is 5.52 Å². The largest absolute Gasteiger partial charge is 0.376 e. The lowest BCUT2D eigenvalue weighted by Crippen LogP contribution is -2.10. The van der Waals surface area contributed by atoms with Gasteiger partial charge in [-0.25, -0.2) is 4.63 Å². The lowest BCUT2D eigenvalue weighted by molar-refractivity contribution is -0.382. The van der Waals surface area contributed by atoms with E-state index in [1.807, 2.05) is 27.1 Å². The van der Waals surface area contributed by atoms with Crippen molar-refractivity contribution in [2.75, 3.05) is 24.3 Å². The Kier molecular flexibility index (Phi) is 3.98. The summed E-state index contributed by atoms with van der Waals surface area (Å²) in [7, 11) is 3.61. The molecule has 0 aliphatic heterocycles. The number of aryl methyl sites for hydroxylation is 1. The van der Waals surface area contributed by atoms with Gasteiger partial charge in [-0.15, -0.1) is 0 Å². The molecule has 0 saturated carbocycles. The predicted molar refractivity (Wildman–Crippen MR) is 92.3 cm³/mol. The molecule has 24 heavy (non-hydrogen) atoms. The molecule has 0 atom stereocenters. The van der Waals surface area contributed by atoms with Crippen LogP contribution in [0.4, 0.5) is 22.7 Å². The minimum absolute atomic E-state index is 0.0897. The molecule has 1 aromatic heterocycles. The maximum absolute atomic E-state index is 11.5. The number of nitro benzene ring substituents is 1. The van der Waals surface area contributed by atoms with Crippen LogP contribution in [0.3, 0.4) is 0 Å². The standard InChI is InChI=1S/C15H14ClN5O3/c1-8-4-5-9(6-10(8)16)17-11-7-12(20(2)3)13-14(19-24-18-13)15(11)21(22)23/h4-7,17H,1-3H3. The van der Waals surface area contributed by atoms with Gasteiger partial charge in [-0.05, 0) is 41.0 Å². The van der Waals surface area contributed by atoms with E-state index in [0.717, 1.165) is 5.56 Å². The molecule has 0 unspecified atom stereocenters. The minimum Gasteiger partial charge on any atom is -0.376 e. The Morgan fingerprint density at radius 3 is 2.58 bits per heavy atom. The van der Waals surface area contributed by atoms with E-state index in [0.29, 0.717) is 21.9 Å². The second-order valence-electron chi connectivity index (χ2n) is 5.49. The fourth-order valence-electron chi connectivity index (χ4n) is 2.36. The molecule has 0 spiro atoms. The smallest absolute Gasteiger partial charge is 0.324 e. The van der Waals surface area contributed by atoms with Gasteiger partial charge in [0.2, 0.25) is 5.52 Å². The van der Waals surface area contributed by atoms with Gasteiger partial charge in [0.1, 0.15) is 5.69 Å². The molecule has 0 bridgehead atoms. The number of nitro groups is 1. The van der Waals surface area contributed by atoms with Crippen molar-refractivity contribution in [2.24, 2.45) is 0 Å². The summed E-state index contributed by atoms with van der Waals surface area (Å²) >= 11 is 6.12. The molecule has 0 amide bonds. The highest BCUT2D eigenvalue weighted by Crippen LogP contribution is 2.39. The van der Waals surface area contributed by atoms with E-state index in [4.69, 9.17) is 16.2 Å². The summed E-state index contributed by atoms with van der Waals surface area (Å²) in [5, 5.41) is 22.6. The number of nitrogens with zero attached hydrogens (tertiary/aromatic N) is 4. The normalized spacial score (nSPS) is 10.8. The van der Waals surface area contributed by atoms with Gasteiger partial charge in [-0.1, -0.05) is 17.7 Å². The van der Waals surface area contributed by atoms with Crippen LogP contribution < -0.4 is 10.2 Å². The van der Waals surface area contributed by atoms with Crippen molar-refractivity contribution in [2.45, 2.75) is 6.92 Å². The number of benzene rings is 2. The monoisotopic (exact) mass is 347 g/mol. The Morgan fingerprint density at radius 1 is 1.25 bits per heavy atom. The van der Waals surface area contributed by atoms with Gasteiger partial charge in [0.05, 0.1) is 10.6 Å². The van der Waals surface area contributed by atoms with Crippen LogP contribution in [0.1, 0.15) is 5.56 Å². The molecule has 1 N–H and O–H groups in total. The first-order valence-corrected chi connectivity index (χ1v) is 7.40. The predicted octanol–water partition coefficient (Wildman–Crippen LogP) is 3.90. The van der Waals surface area contributed by atoms with Crippen LogP contribution >= 0.6 is 11.6 Å². The number of halogens is 1. The Morgan fingerprint density at radius 2 is 1.96 bits per heavy atom. The van der Waals surface area contributed by atoms with Crippen LogP contribution in [0.5, 0.6) is 0 Å². The van der Waals surface area contributed by atoms with Crippen molar-refractivity contribution in [3.8, 4) is 0 Å². The van der Waals surface area contributed by atoms with E-state index in [2.05, 4.69) is 15.6 Å². The van der Waals surface area contributed by atoms with Crippen molar-refractivity contribution in [1.82, 2.24) is 10.3 Å². The van der Waals surface area contributed by atoms with Crippen molar-refractivity contribution >= 4 is 45.4 Å². The molecule has 124 valence electrons. The fourth-order valence-corrected chi connectivity index (χ4v) is 2.54. The number of fused-ring (bicyclic) bond motifs is 1. The molecule has 3 aromatic rings. The van der Waals surface area contributed by atoms with Gasteiger partial charge >= 0.3 is 5.69 Å². The maximum Gasteiger partial charge on any atom is 0.324 e. The number of aromatic nitrogens is 2. The van der Waals surface area contributed by atoms with E-state index in [9.17, 15) is 10.1 Å². The van der Waals surface area contributed by atoms with Gasteiger partial charge in [-0.2, -0.15) is 0 Å². The van der Waals surface area contributed by atoms with E-state index >= 15 is 0 Å². The average molecular weight is 348 g/mol. The zero-order valence-corrected chi connectivity index (χ0v) is 14.0. The lowest BCUT2D eigenvalue weighted by Gasteiger charge is -2.15. The number of nitrogens with one attached hydrogen (secondary N) is 1. The Hall–Kier alpha value is -2.87. The fraction of sp³-hybridized carbons (Fsp3) is 0.200. The summed E-state index contributed by atoms with van der Waals surface area (Å²) in [6.07, 6.45) is 0. The zero-order chi connectivity index (χ0) is 17.4. The Bertz CT molecular complexity index is 938. The number of hydrogen-bond donors (Lipinski definition) is 1. The average Bonchev–Trinajstić information content (AvgIpc) is 2.98. The second kappa shape index (κ2) is 5.97. The van der Waals surface area contributed by atoms with E-state index in [1.54, 1.807) is 23.1 Å². The van der Waals surface area contributed by atoms with Crippen molar-refractivity contribution in [3.05, 3.63) is 45.0 Å². The van der Waals surface area contributed by atoms with Crippen molar-refractivity contribution < 1.29 is 9.55 Å². The molecular weight excluding hydrogens is 334 g/mol. The zero-order valence-electron chi connectivity index (χ0n) is 13.2. The third kappa shape index (κ3) is 2.71. The van der Waals surface area contributed by atoms with Gasteiger partial charge in [0, 0.05) is 24.8 Å². The highest BCUT2D eigenvalue weighted by molar-refractivity contribution is 6.31. The first-order valence-electron chi connectivity index (χ1n) is 7.02. The third-order valence-corrected chi connectivity index (χ3v) is 4.01.